The van der Waals surface area contributed by atoms with Crippen molar-refractivity contribution in [2.45, 2.75) is 31.0 Å². The molecule has 1 aromatic heterocycles. The monoisotopic (exact) mass is 268 g/mol. The van der Waals surface area contributed by atoms with Gasteiger partial charge in [0, 0.05) is 17.6 Å². The maximum atomic E-state index is 11.9. The lowest BCUT2D eigenvalue weighted by Crippen LogP contribution is -2.52. The summed E-state index contributed by atoms with van der Waals surface area (Å²) < 4.78 is 5.17. The quantitative estimate of drug-likeness (QED) is 0.871. The van der Waals surface area contributed by atoms with Gasteiger partial charge in [-0.25, -0.2) is 9.78 Å². The SMILES string of the molecule is O=C(O)C1OCC(=O)N(C2CC2)C1c1nccs1. The Kier molecular flexibility index (Phi) is 2.79. The number of carboxylic acids is 1. The molecular weight excluding hydrogens is 256 g/mol. The van der Waals surface area contributed by atoms with E-state index in [1.165, 1.54) is 11.3 Å². The molecule has 1 aliphatic carbocycles. The largest absolute Gasteiger partial charge is 0.479 e. The van der Waals surface area contributed by atoms with Crippen molar-refractivity contribution in [3.63, 3.8) is 0 Å². The van der Waals surface area contributed by atoms with Crippen LogP contribution in [-0.4, -0.2) is 45.6 Å². The molecule has 1 amide bonds. The fraction of sp³-hybridized carbons (Fsp3) is 0.545. The van der Waals surface area contributed by atoms with Crippen molar-refractivity contribution in [3.8, 4) is 0 Å². The first kappa shape index (κ1) is 11.6. The highest BCUT2D eigenvalue weighted by Crippen LogP contribution is 2.39. The van der Waals surface area contributed by atoms with Crippen molar-refractivity contribution in [2.24, 2.45) is 0 Å². The molecule has 1 N–H and O–H groups in total. The molecule has 0 spiro atoms. The lowest BCUT2D eigenvalue weighted by molar-refractivity contribution is -0.174. The van der Waals surface area contributed by atoms with Crippen molar-refractivity contribution in [3.05, 3.63) is 16.6 Å². The molecular formula is C11H12N2O4S. The Hall–Kier alpha value is -1.47. The number of thiazole rings is 1. The number of rotatable bonds is 3. The molecule has 1 saturated carbocycles. The molecule has 2 fully saturated rings. The van der Waals surface area contributed by atoms with Gasteiger partial charge in [0.25, 0.3) is 0 Å². The topological polar surface area (TPSA) is 79.7 Å². The Morgan fingerprint density at radius 2 is 2.33 bits per heavy atom. The molecule has 18 heavy (non-hydrogen) atoms. The van der Waals surface area contributed by atoms with E-state index in [1.807, 2.05) is 0 Å². The summed E-state index contributed by atoms with van der Waals surface area (Å²) in [5.74, 6) is -1.19. The molecule has 1 saturated heterocycles. The minimum Gasteiger partial charge on any atom is -0.479 e. The first-order valence-electron chi connectivity index (χ1n) is 5.73. The Morgan fingerprint density at radius 3 is 2.89 bits per heavy atom. The van der Waals surface area contributed by atoms with Crippen molar-refractivity contribution in [1.82, 2.24) is 9.88 Å². The zero-order valence-corrected chi connectivity index (χ0v) is 10.3. The summed E-state index contributed by atoms with van der Waals surface area (Å²) in [6, 6.07) is -0.437. The number of aromatic nitrogens is 1. The van der Waals surface area contributed by atoms with Crippen molar-refractivity contribution in [2.75, 3.05) is 6.61 Å². The van der Waals surface area contributed by atoms with Crippen LogP contribution in [0.3, 0.4) is 0 Å². The third kappa shape index (κ3) is 1.89. The third-order valence-corrected chi connectivity index (χ3v) is 4.00. The van der Waals surface area contributed by atoms with Crippen LogP contribution < -0.4 is 0 Å². The predicted octanol–water partition coefficient (Wildman–Crippen LogP) is 0.659. The number of nitrogens with zero attached hydrogens (tertiary/aromatic N) is 2. The maximum Gasteiger partial charge on any atom is 0.335 e. The highest BCUT2D eigenvalue weighted by Gasteiger charge is 2.48. The van der Waals surface area contributed by atoms with Crippen molar-refractivity contribution < 1.29 is 19.4 Å². The lowest BCUT2D eigenvalue weighted by Gasteiger charge is -2.38. The number of carbonyl (C=O) groups excluding carboxylic acids is 1. The lowest BCUT2D eigenvalue weighted by atomic mass is 10.1. The molecule has 1 aromatic rings. The van der Waals surface area contributed by atoms with Crippen LogP contribution in [0.4, 0.5) is 0 Å². The molecule has 2 heterocycles. The van der Waals surface area contributed by atoms with Gasteiger partial charge in [-0.05, 0) is 12.8 Å². The van der Waals surface area contributed by atoms with Gasteiger partial charge in [0.1, 0.15) is 17.7 Å². The van der Waals surface area contributed by atoms with Crippen LogP contribution in [-0.2, 0) is 14.3 Å². The van der Waals surface area contributed by atoms with E-state index in [0.717, 1.165) is 12.8 Å². The Bertz CT molecular complexity index is 471. The smallest absolute Gasteiger partial charge is 0.335 e. The van der Waals surface area contributed by atoms with Crippen LogP contribution in [0.15, 0.2) is 11.6 Å². The number of carboxylic acid groups (broad SMARTS) is 1. The van der Waals surface area contributed by atoms with E-state index in [1.54, 1.807) is 16.5 Å². The van der Waals surface area contributed by atoms with E-state index in [9.17, 15) is 14.7 Å². The molecule has 0 aromatic carbocycles. The molecule has 3 rings (SSSR count). The highest BCUT2D eigenvalue weighted by molar-refractivity contribution is 7.09. The second kappa shape index (κ2) is 4.33. The van der Waals surface area contributed by atoms with Gasteiger partial charge in [-0.2, -0.15) is 0 Å². The van der Waals surface area contributed by atoms with Crippen molar-refractivity contribution >= 4 is 23.2 Å². The molecule has 2 aliphatic rings. The fourth-order valence-electron chi connectivity index (χ4n) is 2.25. The van der Waals surface area contributed by atoms with Gasteiger partial charge in [-0.15, -0.1) is 11.3 Å². The number of aliphatic carboxylic acids is 1. The minimum atomic E-state index is -1.05. The Morgan fingerprint density at radius 1 is 1.56 bits per heavy atom. The third-order valence-electron chi connectivity index (χ3n) is 3.15. The number of amides is 1. The molecule has 96 valence electrons. The van der Waals surface area contributed by atoms with E-state index >= 15 is 0 Å². The van der Waals surface area contributed by atoms with Gasteiger partial charge < -0.3 is 14.7 Å². The van der Waals surface area contributed by atoms with E-state index < -0.39 is 18.1 Å². The summed E-state index contributed by atoms with van der Waals surface area (Å²) in [6.45, 7) is -0.157. The van der Waals surface area contributed by atoms with Crippen LogP contribution in [0.2, 0.25) is 0 Å². The van der Waals surface area contributed by atoms with E-state index in [-0.39, 0.29) is 18.6 Å². The molecule has 1 aliphatic heterocycles. The molecule has 2 atom stereocenters. The average molecular weight is 268 g/mol. The molecule has 0 radical (unpaired) electrons. The first-order chi connectivity index (χ1) is 8.68. The van der Waals surface area contributed by atoms with Crippen molar-refractivity contribution in [1.29, 1.82) is 0 Å². The van der Waals surface area contributed by atoms with Gasteiger partial charge in [0.2, 0.25) is 5.91 Å². The fourth-order valence-corrected chi connectivity index (χ4v) is 3.01. The number of carbonyl (C=O) groups is 2. The van der Waals surface area contributed by atoms with E-state index in [0.29, 0.717) is 5.01 Å². The summed E-state index contributed by atoms with van der Waals surface area (Å²) >= 11 is 1.35. The summed E-state index contributed by atoms with van der Waals surface area (Å²) in [6.07, 6.45) is 2.46. The van der Waals surface area contributed by atoms with Gasteiger partial charge in [0.15, 0.2) is 6.10 Å². The zero-order valence-electron chi connectivity index (χ0n) is 9.48. The second-order valence-corrected chi connectivity index (χ2v) is 5.34. The number of hydrogen-bond donors (Lipinski definition) is 1. The van der Waals surface area contributed by atoms with Crippen LogP contribution in [0.5, 0.6) is 0 Å². The van der Waals surface area contributed by atoms with Gasteiger partial charge in [-0.3, -0.25) is 4.79 Å². The van der Waals surface area contributed by atoms with E-state index in [4.69, 9.17) is 4.74 Å². The molecule has 2 unspecified atom stereocenters. The Labute approximate surface area is 107 Å². The second-order valence-electron chi connectivity index (χ2n) is 4.42. The number of ether oxygens (including phenoxy) is 1. The molecule has 0 bridgehead atoms. The van der Waals surface area contributed by atoms with Crippen LogP contribution in [0, 0.1) is 0 Å². The normalized spacial score (nSPS) is 28.4. The van der Waals surface area contributed by atoms with Gasteiger partial charge in [0.05, 0.1) is 0 Å². The summed E-state index contributed by atoms with van der Waals surface area (Å²) in [7, 11) is 0. The minimum absolute atomic E-state index is 0.143. The number of hydrogen-bond acceptors (Lipinski definition) is 5. The van der Waals surface area contributed by atoms with Crippen LogP contribution in [0.1, 0.15) is 23.9 Å². The van der Waals surface area contributed by atoms with Gasteiger partial charge >= 0.3 is 5.97 Å². The summed E-state index contributed by atoms with van der Waals surface area (Å²) in [5.41, 5.74) is 0. The molecule has 6 nitrogen and oxygen atoms in total. The summed E-state index contributed by atoms with van der Waals surface area (Å²) in [4.78, 5) is 29.0. The zero-order chi connectivity index (χ0) is 12.7. The van der Waals surface area contributed by atoms with Crippen LogP contribution >= 0.6 is 11.3 Å². The average Bonchev–Trinajstić information content (AvgIpc) is 3.03. The highest BCUT2D eigenvalue weighted by atomic mass is 32.1. The van der Waals surface area contributed by atoms with Crippen LogP contribution in [0.25, 0.3) is 0 Å². The van der Waals surface area contributed by atoms with Gasteiger partial charge in [-0.1, -0.05) is 0 Å². The predicted molar refractivity (Wildman–Crippen MR) is 62.1 cm³/mol. The molecule has 7 heteroatoms. The number of morpholine rings is 1. The standard InChI is InChI=1S/C11H12N2O4S/c14-7-5-17-9(11(15)16)8(10-12-3-4-18-10)13(7)6-1-2-6/h3-4,6,8-9H,1-2,5H2,(H,15,16). The Balaban J connectivity index is 1.98. The van der Waals surface area contributed by atoms with E-state index in [2.05, 4.69) is 4.98 Å². The first-order valence-corrected chi connectivity index (χ1v) is 6.61. The maximum absolute atomic E-state index is 11.9. The summed E-state index contributed by atoms with van der Waals surface area (Å²) in [5, 5.41) is 11.6.